The van der Waals surface area contributed by atoms with Gasteiger partial charge in [-0.25, -0.2) is 0 Å². The number of para-hydroxylation sites is 1. The van der Waals surface area contributed by atoms with Gasteiger partial charge in [-0.3, -0.25) is 10.8 Å². The predicted molar refractivity (Wildman–Crippen MR) is 66.7 cm³/mol. The average molecular weight is 306 g/mol. The molecule has 0 amide bonds. The first-order valence-corrected chi connectivity index (χ1v) is 5.25. The van der Waals surface area contributed by atoms with Crippen molar-refractivity contribution in [3.8, 4) is 11.8 Å². The van der Waals surface area contributed by atoms with E-state index in [-0.39, 0.29) is 10.7 Å². The summed E-state index contributed by atoms with van der Waals surface area (Å²) in [6.07, 6.45) is -4.94. The number of hydrogen-bond acceptors (Lipinski definition) is 5. The zero-order chi connectivity index (χ0) is 15.3. The van der Waals surface area contributed by atoms with Gasteiger partial charge in [-0.15, -0.1) is 13.2 Å². The van der Waals surface area contributed by atoms with E-state index in [2.05, 4.69) is 15.3 Å². The highest BCUT2D eigenvalue weighted by atomic mass is 35.5. The zero-order valence-corrected chi connectivity index (χ0v) is 10.4. The molecule has 0 atom stereocenters. The number of rotatable bonds is 4. The highest BCUT2D eigenvalue weighted by Gasteiger charge is 2.33. The lowest BCUT2D eigenvalue weighted by atomic mass is 10.3. The lowest BCUT2D eigenvalue weighted by molar-refractivity contribution is -0.274. The second kappa shape index (κ2) is 6.12. The van der Waals surface area contributed by atoms with Crippen molar-refractivity contribution in [3.63, 3.8) is 0 Å². The summed E-state index contributed by atoms with van der Waals surface area (Å²) in [5.74, 6) is -1.34. The lowest BCUT2D eigenvalue weighted by Crippen LogP contribution is -2.22. The van der Waals surface area contributed by atoms with Crippen LogP contribution in [0.3, 0.4) is 0 Å². The zero-order valence-electron chi connectivity index (χ0n) is 9.62. The molecule has 0 spiro atoms. The minimum absolute atomic E-state index is 0.233. The summed E-state index contributed by atoms with van der Waals surface area (Å²) in [6, 6.07) is 5.23. The summed E-state index contributed by atoms with van der Waals surface area (Å²) in [6.45, 7) is 0. The number of nitrogens with two attached hydrogens (primary N) is 1. The van der Waals surface area contributed by atoms with Gasteiger partial charge in [-0.2, -0.15) is 10.4 Å². The van der Waals surface area contributed by atoms with Gasteiger partial charge in [0.1, 0.15) is 11.8 Å². The number of nitrogens with one attached hydrogen (secondary N) is 2. The van der Waals surface area contributed by atoms with Crippen LogP contribution in [0.1, 0.15) is 0 Å². The van der Waals surface area contributed by atoms with E-state index in [0.717, 1.165) is 0 Å². The third-order valence-corrected chi connectivity index (χ3v) is 2.13. The predicted octanol–water partition coefficient (Wildman–Crippen LogP) is 2.47. The molecule has 0 unspecified atom stereocenters. The summed E-state index contributed by atoms with van der Waals surface area (Å²) in [7, 11) is 0. The first kappa shape index (κ1) is 15.6. The van der Waals surface area contributed by atoms with Crippen molar-refractivity contribution in [2.24, 2.45) is 10.8 Å². The molecule has 0 radical (unpaired) electrons. The van der Waals surface area contributed by atoms with Crippen LogP contribution >= 0.6 is 11.6 Å². The molecule has 1 rings (SSSR count). The van der Waals surface area contributed by atoms with Gasteiger partial charge in [0.2, 0.25) is 5.71 Å². The summed E-state index contributed by atoms with van der Waals surface area (Å²) in [4.78, 5) is 0. The molecule has 0 bridgehead atoms. The van der Waals surface area contributed by atoms with Gasteiger partial charge in [0.05, 0.1) is 5.02 Å². The van der Waals surface area contributed by atoms with Crippen molar-refractivity contribution in [1.82, 2.24) is 0 Å². The molecule has 0 aliphatic carbocycles. The van der Waals surface area contributed by atoms with E-state index in [1.165, 1.54) is 24.3 Å². The number of benzene rings is 1. The van der Waals surface area contributed by atoms with Crippen LogP contribution in [-0.4, -0.2) is 17.9 Å². The first-order valence-electron chi connectivity index (χ1n) is 4.87. The van der Waals surface area contributed by atoms with Crippen molar-refractivity contribution >= 4 is 28.8 Å². The van der Waals surface area contributed by atoms with Crippen LogP contribution in [0.15, 0.2) is 23.3 Å². The maximum Gasteiger partial charge on any atom is 0.573 e. The van der Waals surface area contributed by atoms with Crippen molar-refractivity contribution in [1.29, 1.82) is 10.7 Å². The third kappa shape index (κ3) is 4.33. The van der Waals surface area contributed by atoms with Crippen LogP contribution in [0.4, 0.5) is 18.9 Å². The van der Waals surface area contributed by atoms with Crippen LogP contribution in [-0.2, 0) is 0 Å². The molecule has 1 aromatic rings. The standard InChI is InChI=1S/C10H7ClF3N5O/c11-5-2-1-3-6(8(5)20-10(12,13)14)18-19-7(4-15)9(16)17/h1-3,18H,(H3,16,17)/b19-7+. The van der Waals surface area contributed by atoms with Gasteiger partial charge < -0.3 is 10.5 Å². The largest absolute Gasteiger partial charge is 0.573 e. The highest BCUT2D eigenvalue weighted by molar-refractivity contribution is 6.45. The van der Waals surface area contributed by atoms with Crippen LogP contribution in [0.25, 0.3) is 0 Å². The van der Waals surface area contributed by atoms with Crippen LogP contribution in [0, 0.1) is 16.7 Å². The fourth-order valence-corrected chi connectivity index (χ4v) is 1.29. The van der Waals surface area contributed by atoms with Crippen molar-refractivity contribution in [2.45, 2.75) is 6.36 Å². The van der Waals surface area contributed by atoms with Crippen molar-refractivity contribution in [3.05, 3.63) is 23.2 Å². The number of amidine groups is 1. The molecule has 0 heterocycles. The van der Waals surface area contributed by atoms with E-state index < -0.39 is 23.7 Å². The second-order valence-corrected chi connectivity index (χ2v) is 3.67. The van der Waals surface area contributed by atoms with Gasteiger partial charge in [0.25, 0.3) is 0 Å². The maximum absolute atomic E-state index is 12.2. The Kier molecular flexibility index (Phi) is 4.77. The minimum Gasteiger partial charge on any atom is -0.402 e. The topological polar surface area (TPSA) is 107 Å². The van der Waals surface area contributed by atoms with E-state index in [1.54, 1.807) is 0 Å². The van der Waals surface area contributed by atoms with E-state index >= 15 is 0 Å². The number of hydrogen-bond donors (Lipinski definition) is 3. The smallest absolute Gasteiger partial charge is 0.402 e. The molecular formula is C10H7ClF3N5O. The fourth-order valence-electron chi connectivity index (χ4n) is 1.08. The monoisotopic (exact) mass is 305 g/mol. The Bertz CT molecular complexity index is 594. The minimum atomic E-state index is -4.94. The van der Waals surface area contributed by atoms with Crippen molar-refractivity contribution < 1.29 is 17.9 Å². The number of nitrogens with zero attached hydrogens (tertiary/aromatic N) is 2. The Balaban J connectivity index is 3.11. The molecule has 0 aromatic heterocycles. The molecule has 0 fully saturated rings. The SMILES string of the molecule is N#C/C(=N\Nc1cccc(Cl)c1OC(F)(F)F)C(=N)N. The van der Waals surface area contributed by atoms with Gasteiger partial charge >= 0.3 is 6.36 Å². The third-order valence-electron chi connectivity index (χ3n) is 1.83. The molecule has 20 heavy (non-hydrogen) atoms. The second-order valence-electron chi connectivity index (χ2n) is 3.26. The normalized spacial score (nSPS) is 11.7. The van der Waals surface area contributed by atoms with Crippen molar-refractivity contribution in [2.75, 3.05) is 5.43 Å². The van der Waals surface area contributed by atoms with E-state index in [4.69, 9.17) is 28.0 Å². The number of ether oxygens (including phenoxy) is 1. The Morgan fingerprint density at radius 1 is 1.50 bits per heavy atom. The summed E-state index contributed by atoms with van der Waals surface area (Å²) < 4.78 is 40.5. The van der Waals surface area contributed by atoms with E-state index in [9.17, 15) is 13.2 Å². The Hall–Kier alpha value is -2.47. The van der Waals surface area contributed by atoms with Gasteiger partial charge in [0, 0.05) is 0 Å². The average Bonchev–Trinajstić information content (AvgIpc) is 2.32. The molecular weight excluding hydrogens is 299 g/mol. The molecule has 0 aliphatic heterocycles. The quantitative estimate of drug-likeness (QED) is 0.451. The number of nitriles is 1. The number of halogens is 4. The maximum atomic E-state index is 12.2. The molecule has 6 nitrogen and oxygen atoms in total. The highest BCUT2D eigenvalue weighted by Crippen LogP contribution is 2.36. The molecule has 0 saturated carbocycles. The van der Waals surface area contributed by atoms with Gasteiger partial charge in [-0.1, -0.05) is 17.7 Å². The van der Waals surface area contributed by atoms with Gasteiger partial charge in [-0.05, 0) is 12.1 Å². The van der Waals surface area contributed by atoms with Crippen LogP contribution < -0.4 is 15.9 Å². The van der Waals surface area contributed by atoms with Crippen LogP contribution in [0.2, 0.25) is 5.02 Å². The molecule has 106 valence electrons. The molecule has 0 saturated heterocycles. The lowest BCUT2D eigenvalue weighted by Gasteiger charge is -2.14. The fraction of sp³-hybridized carbons (Fsp3) is 0.100. The Labute approximate surface area is 116 Å². The molecule has 1 aromatic carbocycles. The van der Waals surface area contributed by atoms with E-state index in [1.807, 2.05) is 0 Å². The number of alkyl halides is 3. The number of hydrazone groups is 1. The summed E-state index contributed by atoms with van der Waals surface area (Å²) in [5.41, 5.74) is 6.45. The van der Waals surface area contributed by atoms with Gasteiger partial charge in [0.15, 0.2) is 11.6 Å². The number of anilines is 1. The molecule has 4 N–H and O–H groups in total. The van der Waals surface area contributed by atoms with E-state index in [0.29, 0.717) is 0 Å². The molecule has 0 aliphatic rings. The first-order chi connectivity index (χ1) is 9.24. The summed E-state index contributed by atoms with van der Waals surface area (Å²) in [5, 5.41) is 18.7. The Morgan fingerprint density at radius 3 is 2.65 bits per heavy atom. The Morgan fingerprint density at radius 2 is 2.15 bits per heavy atom. The molecule has 10 heteroatoms. The van der Waals surface area contributed by atoms with Crippen LogP contribution in [0.5, 0.6) is 5.75 Å². The summed E-state index contributed by atoms with van der Waals surface area (Å²) >= 11 is 5.60.